The molecule has 9 nitrogen and oxygen atoms in total. The Balaban J connectivity index is 1.65. The molecule has 2 heterocycles. The second-order valence-corrected chi connectivity index (χ2v) is 6.43. The third-order valence-electron chi connectivity index (χ3n) is 2.40. The lowest BCUT2D eigenvalue weighted by molar-refractivity contribution is 0.411. The lowest BCUT2D eigenvalue weighted by atomic mass is 10.4. The first-order chi connectivity index (χ1) is 10.00. The molecule has 0 aliphatic carbocycles. The molecule has 1 aromatic rings. The molecule has 0 atom stereocenters. The van der Waals surface area contributed by atoms with Gasteiger partial charge in [-0.05, 0) is 0 Å². The van der Waals surface area contributed by atoms with Crippen LogP contribution in [-0.4, -0.2) is 50.3 Å². The number of ether oxygens (including phenoxy) is 1. The van der Waals surface area contributed by atoms with Crippen molar-refractivity contribution in [1.82, 2.24) is 10.3 Å². The number of rotatable bonds is 6. The topological polar surface area (TPSA) is 132 Å². The summed E-state index contributed by atoms with van der Waals surface area (Å²) < 4.78 is 39.1. The Morgan fingerprint density at radius 2 is 2.24 bits per heavy atom. The highest BCUT2D eigenvalue weighted by atomic mass is 32.2. The zero-order valence-electron chi connectivity index (χ0n) is 11.3. The van der Waals surface area contributed by atoms with E-state index in [1.54, 1.807) is 18.0 Å². The van der Waals surface area contributed by atoms with Gasteiger partial charge in [-0.2, -0.15) is 20.2 Å². The van der Waals surface area contributed by atoms with E-state index in [0.717, 1.165) is 23.7 Å². The van der Waals surface area contributed by atoms with Gasteiger partial charge in [-0.15, -0.1) is 8.80 Å². The maximum absolute atomic E-state index is 11.2. The number of thioether (sulfide) groups is 1. The van der Waals surface area contributed by atoms with E-state index in [2.05, 4.69) is 19.1 Å². The quantitative estimate of drug-likeness (QED) is 0.685. The second kappa shape index (κ2) is 6.80. The molecule has 1 aliphatic heterocycles. The molecule has 21 heavy (non-hydrogen) atoms. The van der Waals surface area contributed by atoms with Crippen LogP contribution in [0.15, 0.2) is 19.4 Å². The van der Waals surface area contributed by atoms with Gasteiger partial charge in [0.25, 0.3) is 11.9 Å². The van der Waals surface area contributed by atoms with Gasteiger partial charge < -0.3 is 20.2 Å². The van der Waals surface area contributed by atoms with Crippen molar-refractivity contribution in [2.75, 3.05) is 30.9 Å². The van der Waals surface area contributed by atoms with E-state index in [4.69, 9.17) is 14.9 Å². The molecule has 116 valence electrons. The summed E-state index contributed by atoms with van der Waals surface area (Å²) in [7, 11) is -2.45. The van der Waals surface area contributed by atoms with Gasteiger partial charge in [-0.1, -0.05) is 0 Å². The Hall–Kier alpha value is -1.75. The second-order valence-electron chi connectivity index (χ2n) is 3.94. The van der Waals surface area contributed by atoms with E-state index in [-0.39, 0.29) is 17.7 Å². The molecule has 1 aliphatic rings. The van der Waals surface area contributed by atoms with Crippen LogP contribution in [-0.2, 0) is 21.4 Å². The highest BCUT2D eigenvalue weighted by molar-refractivity contribution is 7.99. The maximum atomic E-state index is 11.2. The molecule has 0 saturated heterocycles. The molecule has 1 aromatic heterocycles. The molecule has 2 rings (SSSR count). The molecule has 0 spiro atoms. The van der Waals surface area contributed by atoms with Gasteiger partial charge in [0.1, 0.15) is 5.76 Å². The number of nitrogens with one attached hydrogen (secondary N) is 1. The molecule has 0 amide bonds. The van der Waals surface area contributed by atoms with Crippen LogP contribution in [0.1, 0.15) is 5.76 Å². The summed E-state index contributed by atoms with van der Waals surface area (Å²) >= 11 is 1.67. The van der Waals surface area contributed by atoms with Crippen LogP contribution in [0.3, 0.4) is 0 Å². The molecular weight excluding hydrogens is 318 g/mol. The molecule has 0 saturated carbocycles. The number of aromatic nitrogens is 1. The zero-order chi connectivity index (χ0) is 15.3. The Kier molecular flexibility index (Phi) is 5.07. The molecule has 0 aromatic carbocycles. The van der Waals surface area contributed by atoms with E-state index in [1.807, 2.05) is 0 Å². The van der Waals surface area contributed by atoms with Gasteiger partial charge in [-0.3, -0.25) is 0 Å². The number of anilines is 1. The van der Waals surface area contributed by atoms with E-state index in [0.29, 0.717) is 6.54 Å². The van der Waals surface area contributed by atoms with Crippen molar-refractivity contribution in [2.45, 2.75) is 6.42 Å². The summed E-state index contributed by atoms with van der Waals surface area (Å²) in [6, 6.07) is 0.170. The predicted octanol–water partition coefficient (Wildman–Crippen LogP) is -0.176. The third-order valence-corrected chi connectivity index (χ3v) is 4.20. The fourth-order valence-electron chi connectivity index (χ4n) is 1.52. The van der Waals surface area contributed by atoms with Crippen LogP contribution < -0.4 is 11.1 Å². The minimum absolute atomic E-state index is 0.0165. The largest absolute Gasteiger partial charge is 0.478 e. The van der Waals surface area contributed by atoms with Crippen LogP contribution in [0.5, 0.6) is 0 Å². The standard InChI is InChI=1S/C10H15N5O4S2/c1-18-9-8(14-21(16,17)15-9)12-3-5-20-4-2-7-6-13-10(11)19-7/h6H,2-5H2,1H3,(H2,11,13)(H,12,14). The van der Waals surface area contributed by atoms with E-state index >= 15 is 0 Å². The van der Waals surface area contributed by atoms with Gasteiger partial charge in [-0.25, -0.2) is 4.98 Å². The highest BCUT2D eigenvalue weighted by Gasteiger charge is 2.24. The van der Waals surface area contributed by atoms with Gasteiger partial charge in [0.05, 0.1) is 13.3 Å². The van der Waals surface area contributed by atoms with Crippen molar-refractivity contribution >= 4 is 39.7 Å². The number of nitrogens with zero attached hydrogens (tertiary/aromatic N) is 3. The fraction of sp³-hybridized carbons (Fsp3) is 0.500. The first-order valence-electron chi connectivity index (χ1n) is 6.01. The molecular formula is C10H15N5O4S2. The summed E-state index contributed by atoms with van der Waals surface area (Å²) in [5, 5.41) is 2.88. The maximum Gasteiger partial charge on any atom is 0.368 e. The van der Waals surface area contributed by atoms with Gasteiger partial charge in [0.15, 0.2) is 0 Å². The number of hydrogen-bond acceptors (Lipinski definition) is 8. The molecule has 0 fully saturated rings. The van der Waals surface area contributed by atoms with Crippen molar-refractivity contribution in [1.29, 1.82) is 0 Å². The third kappa shape index (κ3) is 4.63. The predicted molar refractivity (Wildman–Crippen MR) is 80.7 cm³/mol. The Labute approximate surface area is 126 Å². The van der Waals surface area contributed by atoms with Crippen LogP contribution in [0, 0.1) is 0 Å². The number of aryl methyl sites for hydroxylation is 1. The number of nitrogens with two attached hydrogens (primary N) is 1. The van der Waals surface area contributed by atoms with Crippen molar-refractivity contribution < 1.29 is 17.6 Å². The molecule has 0 bridgehead atoms. The summed E-state index contributed by atoms with van der Waals surface area (Å²) in [5.74, 6) is 2.47. The van der Waals surface area contributed by atoms with Gasteiger partial charge >= 0.3 is 10.2 Å². The zero-order valence-corrected chi connectivity index (χ0v) is 12.9. The lowest BCUT2D eigenvalue weighted by Gasteiger charge is -2.05. The van der Waals surface area contributed by atoms with Crippen LogP contribution in [0.25, 0.3) is 0 Å². The SMILES string of the molecule is COC1=NS(=O)(=O)N=C1NCCSCCc1cnc(N)o1. The monoisotopic (exact) mass is 333 g/mol. The van der Waals surface area contributed by atoms with E-state index in [1.165, 1.54) is 7.11 Å². The fourth-order valence-corrected chi connectivity index (χ4v) is 3.10. The number of hydrogen-bond donors (Lipinski definition) is 2. The van der Waals surface area contributed by atoms with Gasteiger partial charge in [0.2, 0.25) is 5.84 Å². The lowest BCUT2D eigenvalue weighted by Crippen LogP contribution is -2.32. The van der Waals surface area contributed by atoms with E-state index < -0.39 is 10.2 Å². The Morgan fingerprint density at radius 3 is 2.90 bits per heavy atom. The summed E-state index contributed by atoms with van der Waals surface area (Å²) in [6.07, 6.45) is 2.34. The summed E-state index contributed by atoms with van der Waals surface area (Å²) in [5.41, 5.74) is 5.37. The number of oxazole rings is 1. The average Bonchev–Trinajstić information content (AvgIpc) is 2.96. The van der Waals surface area contributed by atoms with Crippen LogP contribution in [0.4, 0.5) is 6.01 Å². The van der Waals surface area contributed by atoms with Crippen molar-refractivity contribution in [3.05, 3.63) is 12.0 Å². The number of nitrogen functional groups attached to an aromatic ring is 1. The molecule has 0 radical (unpaired) electrons. The van der Waals surface area contributed by atoms with Gasteiger partial charge in [0, 0.05) is 24.5 Å². The number of methoxy groups -OCH3 is 1. The molecule has 11 heteroatoms. The van der Waals surface area contributed by atoms with Crippen molar-refractivity contribution in [3.63, 3.8) is 0 Å². The smallest absolute Gasteiger partial charge is 0.368 e. The van der Waals surface area contributed by atoms with E-state index in [9.17, 15) is 8.42 Å². The summed E-state index contributed by atoms with van der Waals surface area (Å²) in [4.78, 5) is 3.81. The minimum atomic E-state index is -3.79. The molecule has 0 unspecified atom stereocenters. The first kappa shape index (κ1) is 15.6. The number of amidine groups is 1. The minimum Gasteiger partial charge on any atom is -0.478 e. The molecule has 3 N–H and O–H groups in total. The Bertz CT molecular complexity index is 652. The first-order valence-corrected chi connectivity index (χ1v) is 8.56. The van der Waals surface area contributed by atoms with Crippen molar-refractivity contribution in [3.8, 4) is 0 Å². The highest BCUT2D eigenvalue weighted by Crippen LogP contribution is 2.10. The summed E-state index contributed by atoms with van der Waals surface area (Å²) in [6.45, 7) is 0.542. The Morgan fingerprint density at radius 1 is 1.43 bits per heavy atom. The van der Waals surface area contributed by atoms with Crippen LogP contribution >= 0.6 is 11.8 Å². The average molecular weight is 333 g/mol. The van der Waals surface area contributed by atoms with Crippen molar-refractivity contribution in [2.24, 2.45) is 8.80 Å². The normalized spacial score (nSPS) is 16.4. The van der Waals surface area contributed by atoms with Crippen LogP contribution in [0.2, 0.25) is 0 Å².